The Bertz CT molecular complexity index is 957. The third-order valence-corrected chi connectivity index (χ3v) is 5.11. The van der Waals surface area contributed by atoms with E-state index in [2.05, 4.69) is 27.8 Å². The molecule has 0 aliphatic carbocycles. The fourth-order valence-corrected chi connectivity index (χ4v) is 3.25. The van der Waals surface area contributed by atoms with Gasteiger partial charge in [-0.05, 0) is 72.2 Å². The van der Waals surface area contributed by atoms with E-state index in [-0.39, 0.29) is 11.7 Å². The second-order valence-electron chi connectivity index (χ2n) is 6.45. The molecular formula is C20H23N5O2S. The lowest BCUT2D eigenvalue weighted by Gasteiger charge is -2.09. The molecule has 0 saturated heterocycles. The normalized spacial score (nSPS) is 10.7. The molecule has 7 nitrogen and oxygen atoms in total. The zero-order valence-corrected chi connectivity index (χ0v) is 17.0. The van der Waals surface area contributed by atoms with Crippen molar-refractivity contribution in [2.45, 2.75) is 25.9 Å². The van der Waals surface area contributed by atoms with Crippen LogP contribution in [0.3, 0.4) is 0 Å². The van der Waals surface area contributed by atoms with Crippen molar-refractivity contribution in [1.29, 1.82) is 0 Å². The van der Waals surface area contributed by atoms with Crippen molar-refractivity contribution < 1.29 is 9.53 Å². The van der Waals surface area contributed by atoms with Crippen LogP contribution < -0.4 is 10.1 Å². The molecule has 0 atom stereocenters. The molecular weight excluding hydrogens is 374 g/mol. The Morgan fingerprint density at radius 2 is 2.00 bits per heavy atom. The summed E-state index contributed by atoms with van der Waals surface area (Å²) in [4.78, 5) is 12.1. The molecule has 28 heavy (non-hydrogen) atoms. The lowest BCUT2D eigenvalue weighted by molar-refractivity contribution is -0.118. The van der Waals surface area contributed by atoms with Gasteiger partial charge >= 0.3 is 0 Å². The highest BCUT2D eigenvalue weighted by molar-refractivity contribution is 7.99. The molecule has 1 amide bonds. The highest BCUT2D eigenvalue weighted by atomic mass is 32.2. The van der Waals surface area contributed by atoms with Crippen LogP contribution >= 0.6 is 11.8 Å². The van der Waals surface area contributed by atoms with E-state index in [0.29, 0.717) is 18.3 Å². The molecule has 1 N–H and O–H groups in total. The van der Waals surface area contributed by atoms with E-state index in [1.807, 2.05) is 56.3 Å². The number of hydrogen-bond acceptors (Lipinski definition) is 6. The van der Waals surface area contributed by atoms with Crippen LogP contribution in [0.4, 0.5) is 0 Å². The van der Waals surface area contributed by atoms with Crippen LogP contribution in [0.25, 0.3) is 5.69 Å². The highest BCUT2D eigenvalue weighted by Gasteiger charge is 2.12. The summed E-state index contributed by atoms with van der Waals surface area (Å²) in [5.74, 6) is 0.944. The van der Waals surface area contributed by atoms with Crippen molar-refractivity contribution in [3.63, 3.8) is 0 Å². The van der Waals surface area contributed by atoms with Crippen LogP contribution in [0.15, 0.2) is 47.6 Å². The number of thioether (sulfide) groups is 1. The van der Waals surface area contributed by atoms with Gasteiger partial charge in [-0.25, -0.2) is 0 Å². The second-order valence-corrected chi connectivity index (χ2v) is 7.39. The molecule has 2 aromatic carbocycles. The van der Waals surface area contributed by atoms with Crippen LogP contribution in [0, 0.1) is 20.8 Å². The molecule has 3 rings (SSSR count). The largest absolute Gasteiger partial charge is 0.492 e. The number of carbonyl (C=O) groups excluding carboxylic acids is 1. The lowest BCUT2D eigenvalue weighted by atomic mass is 10.1. The number of ether oxygens (including phenoxy) is 1. The Morgan fingerprint density at radius 3 is 2.79 bits per heavy atom. The van der Waals surface area contributed by atoms with Crippen molar-refractivity contribution in [3.8, 4) is 11.4 Å². The molecule has 0 radical (unpaired) electrons. The summed E-state index contributed by atoms with van der Waals surface area (Å²) in [5.41, 5.74) is 4.38. The van der Waals surface area contributed by atoms with Crippen molar-refractivity contribution in [3.05, 3.63) is 59.2 Å². The maximum absolute atomic E-state index is 12.1. The van der Waals surface area contributed by atoms with E-state index < -0.39 is 0 Å². The molecule has 0 spiro atoms. The van der Waals surface area contributed by atoms with Gasteiger partial charge in [0.1, 0.15) is 12.4 Å². The number of rotatable bonds is 8. The molecule has 0 fully saturated rings. The summed E-state index contributed by atoms with van der Waals surface area (Å²) >= 11 is 1.30. The Labute approximate surface area is 168 Å². The van der Waals surface area contributed by atoms with Gasteiger partial charge in [0.2, 0.25) is 11.1 Å². The van der Waals surface area contributed by atoms with E-state index in [1.54, 1.807) is 4.68 Å². The zero-order chi connectivity index (χ0) is 19.9. The smallest absolute Gasteiger partial charge is 0.230 e. The molecule has 0 unspecified atom stereocenters. The minimum absolute atomic E-state index is 0.0903. The number of carbonyl (C=O) groups is 1. The summed E-state index contributed by atoms with van der Waals surface area (Å²) in [6, 6.07) is 13.8. The molecule has 3 aromatic rings. The van der Waals surface area contributed by atoms with Crippen molar-refractivity contribution in [2.75, 3.05) is 18.9 Å². The standard InChI is InChI=1S/C20H23N5O2S/c1-14-5-4-6-18(11-14)27-10-9-21-19(26)13-28-20-22-23-24-25(20)17-8-7-15(2)16(3)12-17/h4-8,11-12H,9-10,13H2,1-3H3,(H,21,26). The first kappa shape index (κ1) is 19.9. The first-order chi connectivity index (χ1) is 13.5. The van der Waals surface area contributed by atoms with Gasteiger partial charge in [-0.15, -0.1) is 5.10 Å². The molecule has 0 bridgehead atoms. The summed E-state index contributed by atoms with van der Waals surface area (Å²) in [6.45, 7) is 6.97. The monoisotopic (exact) mass is 397 g/mol. The van der Waals surface area contributed by atoms with Gasteiger partial charge in [0, 0.05) is 0 Å². The van der Waals surface area contributed by atoms with Gasteiger partial charge in [0.05, 0.1) is 18.0 Å². The quantitative estimate of drug-likeness (QED) is 0.465. The molecule has 146 valence electrons. The fourth-order valence-electron chi connectivity index (χ4n) is 2.53. The third-order valence-electron chi connectivity index (χ3n) is 4.19. The Morgan fingerprint density at radius 1 is 1.14 bits per heavy atom. The van der Waals surface area contributed by atoms with Crippen molar-refractivity contribution in [2.24, 2.45) is 0 Å². The molecule has 8 heteroatoms. The van der Waals surface area contributed by atoms with Crippen LogP contribution in [-0.2, 0) is 4.79 Å². The van der Waals surface area contributed by atoms with Gasteiger partial charge in [-0.3, -0.25) is 4.79 Å². The van der Waals surface area contributed by atoms with Gasteiger partial charge in [0.15, 0.2) is 0 Å². The van der Waals surface area contributed by atoms with Gasteiger partial charge < -0.3 is 10.1 Å². The number of nitrogens with one attached hydrogen (secondary N) is 1. The first-order valence-corrected chi connectivity index (χ1v) is 9.96. The summed E-state index contributed by atoms with van der Waals surface area (Å²) < 4.78 is 7.27. The maximum Gasteiger partial charge on any atom is 0.230 e. The Kier molecular flexibility index (Phi) is 6.65. The number of benzene rings is 2. The van der Waals surface area contributed by atoms with Crippen LogP contribution in [0.2, 0.25) is 0 Å². The predicted molar refractivity (Wildman–Crippen MR) is 109 cm³/mol. The van der Waals surface area contributed by atoms with E-state index >= 15 is 0 Å². The average Bonchev–Trinajstić information content (AvgIpc) is 3.14. The zero-order valence-electron chi connectivity index (χ0n) is 16.2. The van der Waals surface area contributed by atoms with Crippen LogP contribution in [0.1, 0.15) is 16.7 Å². The number of aromatic nitrogens is 4. The molecule has 0 saturated carbocycles. The minimum Gasteiger partial charge on any atom is -0.492 e. The minimum atomic E-state index is -0.0903. The van der Waals surface area contributed by atoms with Crippen molar-refractivity contribution >= 4 is 17.7 Å². The number of tetrazole rings is 1. The number of aryl methyl sites for hydroxylation is 3. The molecule has 1 aromatic heterocycles. The number of nitrogens with zero attached hydrogens (tertiary/aromatic N) is 4. The number of amides is 1. The number of hydrogen-bond donors (Lipinski definition) is 1. The van der Waals surface area contributed by atoms with Gasteiger partial charge in [0.25, 0.3) is 0 Å². The maximum atomic E-state index is 12.1. The lowest BCUT2D eigenvalue weighted by Crippen LogP contribution is -2.29. The summed E-state index contributed by atoms with van der Waals surface area (Å²) in [7, 11) is 0. The average molecular weight is 398 g/mol. The van der Waals surface area contributed by atoms with E-state index in [4.69, 9.17) is 4.74 Å². The van der Waals surface area contributed by atoms with E-state index in [1.165, 1.54) is 17.3 Å². The fraction of sp³-hybridized carbons (Fsp3) is 0.300. The van der Waals surface area contributed by atoms with E-state index in [0.717, 1.165) is 22.6 Å². The highest BCUT2D eigenvalue weighted by Crippen LogP contribution is 2.20. The van der Waals surface area contributed by atoms with Crippen LogP contribution in [0.5, 0.6) is 5.75 Å². The van der Waals surface area contributed by atoms with Gasteiger partial charge in [-0.2, -0.15) is 4.68 Å². The molecule has 0 aliphatic heterocycles. The summed E-state index contributed by atoms with van der Waals surface area (Å²) in [6.07, 6.45) is 0. The second kappa shape index (κ2) is 9.36. The third kappa shape index (κ3) is 5.32. The predicted octanol–water partition coefficient (Wildman–Crippen LogP) is 2.87. The Balaban J connectivity index is 1.46. The van der Waals surface area contributed by atoms with E-state index in [9.17, 15) is 4.79 Å². The summed E-state index contributed by atoms with van der Waals surface area (Å²) in [5, 5.41) is 15.2. The first-order valence-electron chi connectivity index (χ1n) is 8.98. The molecule has 1 heterocycles. The molecule has 0 aliphatic rings. The van der Waals surface area contributed by atoms with Crippen LogP contribution in [-0.4, -0.2) is 45.0 Å². The SMILES string of the molecule is Cc1cccc(OCCNC(=O)CSc2nnnn2-c2ccc(C)c(C)c2)c1. The Hall–Kier alpha value is -2.87. The van der Waals surface area contributed by atoms with Crippen molar-refractivity contribution in [1.82, 2.24) is 25.5 Å². The topological polar surface area (TPSA) is 81.9 Å². The van der Waals surface area contributed by atoms with Gasteiger partial charge in [-0.1, -0.05) is 30.0 Å².